The summed E-state index contributed by atoms with van der Waals surface area (Å²) in [5.74, 6) is 5.16. The maximum Gasteiger partial charge on any atom is 0.00975 e. The van der Waals surface area contributed by atoms with Crippen LogP contribution in [-0.2, 0) is 6.42 Å². The summed E-state index contributed by atoms with van der Waals surface area (Å²) in [4.78, 5) is 0. The number of nitrogens with one attached hydrogen (secondary N) is 1. The Balaban J connectivity index is 0. The normalized spacial score (nSPS) is 8.64. The van der Waals surface area contributed by atoms with Gasteiger partial charge in [0.15, 0.2) is 0 Å². The second-order valence-corrected chi connectivity index (χ2v) is 2.90. The van der Waals surface area contributed by atoms with Crippen LogP contribution in [0.1, 0.15) is 18.4 Å². The maximum atomic E-state index is 5.16. The lowest BCUT2D eigenvalue weighted by molar-refractivity contribution is 0.645. The molecule has 14 heavy (non-hydrogen) atoms. The van der Waals surface area contributed by atoms with Crippen LogP contribution in [-0.4, -0.2) is 6.54 Å². The van der Waals surface area contributed by atoms with Crippen LogP contribution < -0.4 is 11.3 Å². The van der Waals surface area contributed by atoms with Crippen LogP contribution in [0.3, 0.4) is 0 Å². The molecule has 3 N–H and O–H groups in total. The Morgan fingerprint density at radius 3 is 2.21 bits per heavy atom. The third kappa shape index (κ3) is 7.15. The molecule has 0 fully saturated rings. The molecule has 1 aromatic carbocycles. The average Bonchev–Trinajstić information content (AvgIpc) is 2.14. The predicted molar refractivity (Wildman–Crippen MR) is 66.1 cm³/mol. The maximum absolute atomic E-state index is 5.16. The summed E-state index contributed by atoms with van der Waals surface area (Å²) in [5.41, 5.74) is 4.07. The third-order valence-electron chi connectivity index (χ3n) is 1.88. The number of rotatable bonds is 5. The van der Waals surface area contributed by atoms with E-state index < -0.39 is 0 Å². The first kappa shape index (κ1) is 16.2. The Hall–Kier alpha value is -0.280. The van der Waals surface area contributed by atoms with E-state index in [0.717, 1.165) is 19.4 Å². The quantitative estimate of drug-likeness (QED) is 0.468. The van der Waals surface area contributed by atoms with E-state index in [2.05, 4.69) is 29.7 Å². The molecule has 0 aliphatic carbocycles. The summed E-state index contributed by atoms with van der Waals surface area (Å²) in [5, 5.41) is 0. The van der Waals surface area contributed by atoms with Crippen molar-refractivity contribution in [1.29, 1.82) is 0 Å². The minimum Gasteiger partial charge on any atom is -0.271 e. The van der Waals surface area contributed by atoms with Gasteiger partial charge in [-0.1, -0.05) is 30.3 Å². The van der Waals surface area contributed by atoms with E-state index >= 15 is 0 Å². The fraction of sp³-hybridized carbons (Fsp3) is 0.400. The Morgan fingerprint density at radius 2 is 1.64 bits per heavy atom. The molecule has 0 aromatic heterocycles. The van der Waals surface area contributed by atoms with Crippen molar-refractivity contribution in [3.8, 4) is 0 Å². The van der Waals surface area contributed by atoms with Crippen molar-refractivity contribution in [3.05, 3.63) is 35.9 Å². The second kappa shape index (κ2) is 10.8. The van der Waals surface area contributed by atoms with Gasteiger partial charge in [-0.3, -0.25) is 11.3 Å². The van der Waals surface area contributed by atoms with Crippen LogP contribution >= 0.6 is 24.8 Å². The van der Waals surface area contributed by atoms with E-state index in [1.807, 2.05) is 6.07 Å². The molecule has 0 amide bonds. The summed E-state index contributed by atoms with van der Waals surface area (Å²) >= 11 is 0. The number of hydrogen-bond acceptors (Lipinski definition) is 2. The van der Waals surface area contributed by atoms with Gasteiger partial charge in [0.05, 0.1) is 0 Å². The van der Waals surface area contributed by atoms with Gasteiger partial charge in [-0.25, -0.2) is 0 Å². The molecule has 0 radical (unpaired) electrons. The van der Waals surface area contributed by atoms with E-state index in [1.54, 1.807) is 0 Å². The van der Waals surface area contributed by atoms with Crippen LogP contribution in [0.4, 0.5) is 0 Å². The van der Waals surface area contributed by atoms with Crippen molar-refractivity contribution >= 4 is 24.8 Å². The molecule has 2 nitrogen and oxygen atoms in total. The monoisotopic (exact) mass is 236 g/mol. The molecule has 0 aliphatic rings. The van der Waals surface area contributed by atoms with Crippen molar-refractivity contribution in [1.82, 2.24) is 5.43 Å². The number of nitrogens with two attached hydrogens (primary N) is 1. The second-order valence-electron chi connectivity index (χ2n) is 2.90. The molecule has 1 rings (SSSR count). The van der Waals surface area contributed by atoms with E-state index in [9.17, 15) is 0 Å². The molecule has 0 atom stereocenters. The number of halogens is 2. The average molecular weight is 237 g/mol. The van der Waals surface area contributed by atoms with Gasteiger partial charge < -0.3 is 0 Å². The van der Waals surface area contributed by atoms with Crippen LogP contribution in [0.2, 0.25) is 0 Å². The smallest absolute Gasteiger partial charge is 0.00975 e. The molecular weight excluding hydrogens is 219 g/mol. The summed E-state index contributed by atoms with van der Waals surface area (Å²) < 4.78 is 0. The van der Waals surface area contributed by atoms with E-state index in [-0.39, 0.29) is 24.8 Å². The highest BCUT2D eigenvalue weighted by atomic mass is 35.5. The number of benzene rings is 1. The van der Waals surface area contributed by atoms with Gasteiger partial charge in [-0.15, -0.1) is 24.8 Å². The Morgan fingerprint density at radius 1 is 1.00 bits per heavy atom. The Bertz CT molecular complexity index is 205. The third-order valence-corrected chi connectivity index (χ3v) is 1.88. The fourth-order valence-electron chi connectivity index (χ4n) is 1.20. The zero-order chi connectivity index (χ0) is 8.65. The van der Waals surface area contributed by atoms with Crippen molar-refractivity contribution in [2.45, 2.75) is 19.3 Å². The molecule has 82 valence electrons. The molecule has 0 heterocycles. The molecular formula is C10H18Cl2N2. The first-order chi connectivity index (χ1) is 5.93. The van der Waals surface area contributed by atoms with Gasteiger partial charge in [0.25, 0.3) is 0 Å². The number of hydrogen-bond donors (Lipinski definition) is 2. The summed E-state index contributed by atoms with van der Waals surface area (Å²) in [6.45, 7) is 0.910. The molecule has 0 bridgehead atoms. The topological polar surface area (TPSA) is 38.0 Å². The van der Waals surface area contributed by atoms with Gasteiger partial charge in [0, 0.05) is 6.54 Å². The van der Waals surface area contributed by atoms with Crippen molar-refractivity contribution < 1.29 is 0 Å². The van der Waals surface area contributed by atoms with E-state index in [1.165, 1.54) is 12.0 Å². The molecule has 0 aliphatic heterocycles. The van der Waals surface area contributed by atoms with Crippen molar-refractivity contribution in [2.75, 3.05) is 6.54 Å². The predicted octanol–water partition coefficient (Wildman–Crippen LogP) is 2.32. The van der Waals surface area contributed by atoms with Crippen molar-refractivity contribution in [3.63, 3.8) is 0 Å². The lowest BCUT2D eigenvalue weighted by Crippen LogP contribution is -2.22. The number of unbranched alkanes of at least 4 members (excludes halogenated alkanes) is 1. The highest BCUT2D eigenvalue weighted by Gasteiger charge is 1.90. The lowest BCUT2D eigenvalue weighted by Gasteiger charge is -2.00. The molecule has 0 spiro atoms. The fourth-order valence-corrected chi connectivity index (χ4v) is 1.20. The van der Waals surface area contributed by atoms with Gasteiger partial charge >= 0.3 is 0 Å². The molecule has 1 aromatic rings. The van der Waals surface area contributed by atoms with Gasteiger partial charge in [0.1, 0.15) is 0 Å². The van der Waals surface area contributed by atoms with Gasteiger partial charge in [-0.2, -0.15) is 0 Å². The van der Waals surface area contributed by atoms with Crippen molar-refractivity contribution in [2.24, 2.45) is 5.84 Å². The highest BCUT2D eigenvalue weighted by molar-refractivity contribution is 5.85. The minimum atomic E-state index is 0. The van der Waals surface area contributed by atoms with Crippen LogP contribution in [0.25, 0.3) is 0 Å². The molecule has 0 saturated heterocycles. The zero-order valence-electron chi connectivity index (χ0n) is 8.11. The SMILES string of the molecule is Cl.Cl.NNCCCCc1ccccc1. The first-order valence-electron chi connectivity index (χ1n) is 4.41. The van der Waals surface area contributed by atoms with Gasteiger partial charge in [0.2, 0.25) is 0 Å². The molecule has 0 saturated carbocycles. The first-order valence-corrected chi connectivity index (χ1v) is 4.41. The Kier molecular flexibility index (Phi) is 12.5. The van der Waals surface area contributed by atoms with Crippen LogP contribution in [0.5, 0.6) is 0 Å². The number of hydrazine groups is 1. The molecule has 4 heteroatoms. The summed E-state index contributed by atoms with van der Waals surface area (Å²) in [6, 6.07) is 10.5. The largest absolute Gasteiger partial charge is 0.271 e. The Labute approximate surface area is 98.1 Å². The van der Waals surface area contributed by atoms with Gasteiger partial charge in [-0.05, 0) is 24.8 Å². The van der Waals surface area contributed by atoms with E-state index in [4.69, 9.17) is 5.84 Å². The van der Waals surface area contributed by atoms with Crippen LogP contribution in [0, 0.1) is 0 Å². The van der Waals surface area contributed by atoms with E-state index in [0.29, 0.717) is 0 Å². The summed E-state index contributed by atoms with van der Waals surface area (Å²) in [6.07, 6.45) is 3.50. The highest BCUT2D eigenvalue weighted by Crippen LogP contribution is 2.03. The minimum absolute atomic E-state index is 0. The van der Waals surface area contributed by atoms with Crippen LogP contribution in [0.15, 0.2) is 30.3 Å². The lowest BCUT2D eigenvalue weighted by atomic mass is 10.1. The zero-order valence-corrected chi connectivity index (χ0v) is 9.74. The number of aryl methyl sites for hydroxylation is 1. The molecule has 0 unspecified atom stereocenters. The standard InChI is InChI=1S/C10H16N2.2ClH/c11-12-9-5-4-8-10-6-2-1-3-7-10;;/h1-3,6-7,12H,4-5,8-9,11H2;2*1H. The summed E-state index contributed by atoms with van der Waals surface area (Å²) in [7, 11) is 0.